The van der Waals surface area contributed by atoms with Crippen molar-refractivity contribution >= 4 is 11.9 Å². The third kappa shape index (κ3) is 4.12. The number of rotatable bonds is 4. The van der Waals surface area contributed by atoms with E-state index in [1.54, 1.807) is 12.1 Å². The van der Waals surface area contributed by atoms with Crippen LogP contribution in [-0.4, -0.2) is 31.2 Å². The number of methoxy groups -OCH3 is 1. The summed E-state index contributed by atoms with van der Waals surface area (Å²) in [4.78, 5) is 12.3. The average Bonchev–Trinajstić information content (AvgIpc) is 2.60. The molecule has 0 unspecified atom stereocenters. The number of phenolic OH excluding ortho intramolecular Hbond substituents is 1. The quantitative estimate of drug-likeness (QED) is 0.676. The molecule has 0 aliphatic carbocycles. The topological polar surface area (TPSA) is 65.0 Å². The average molecular weight is 340 g/mol. The van der Waals surface area contributed by atoms with Crippen LogP contribution in [0.15, 0.2) is 42.5 Å². The van der Waals surface area contributed by atoms with Crippen molar-refractivity contribution in [3.05, 3.63) is 53.6 Å². The van der Waals surface area contributed by atoms with Gasteiger partial charge in [0.1, 0.15) is 11.5 Å². The van der Waals surface area contributed by atoms with Gasteiger partial charge in [0, 0.05) is 6.07 Å². The maximum atomic E-state index is 12.3. The smallest absolute Gasteiger partial charge is 0.189 e. The normalized spacial score (nSPS) is 14.0. The molecule has 130 valence electrons. The molecule has 1 aliphatic heterocycles. The molecule has 5 heteroatoms. The van der Waals surface area contributed by atoms with E-state index in [9.17, 15) is 9.90 Å². The maximum absolute atomic E-state index is 12.3. The third-order valence-corrected chi connectivity index (χ3v) is 3.92. The molecule has 0 saturated carbocycles. The van der Waals surface area contributed by atoms with Crippen LogP contribution in [0, 0.1) is 0 Å². The summed E-state index contributed by atoms with van der Waals surface area (Å²) in [6.07, 6.45) is 5.04. The molecule has 25 heavy (non-hydrogen) atoms. The fraction of sp³-hybridized carbons (Fsp3) is 0.250. The van der Waals surface area contributed by atoms with Crippen molar-refractivity contribution in [2.24, 2.45) is 0 Å². The minimum absolute atomic E-state index is 0.107. The summed E-state index contributed by atoms with van der Waals surface area (Å²) in [5, 5.41) is 9.93. The van der Waals surface area contributed by atoms with Gasteiger partial charge in [-0.2, -0.15) is 0 Å². The number of carbonyl (C=O) groups excluding carboxylic acids is 1. The molecule has 3 rings (SSSR count). The molecule has 0 aromatic heterocycles. The largest absolute Gasteiger partial charge is 0.507 e. The molecule has 1 heterocycles. The van der Waals surface area contributed by atoms with E-state index in [-0.39, 0.29) is 17.1 Å². The molecule has 0 saturated heterocycles. The second-order valence-electron chi connectivity index (χ2n) is 5.69. The summed E-state index contributed by atoms with van der Waals surface area (Å²) in [7, 11) is 1.50. The van der Waals surface area contributed by atoms with Gasteiger partial charge in [0.05, 0.1) is 25.9 Å². The van der Waals surface area contributed by atoms with E-state index in [4.69, 9.17) is 14.2 Å². The lowest BCUT2D eigenvalue weighted by atomic mass is 10.1. The first-order valence-electron chi connectivity index (χ1n) is 8.16. The standard InChI is InChI=1S/C20H20O5/c1-23-15-6-7-16(18(22)13-15)17(21)8-4-14-5-9-19-20(12-14)25-11-3-2-10-24-19/h4-9,12-13,22H,2-3,10-11H2,1H3/b8-4+. The van der Waals surface area contributed by atoms with Crippen LogP contribution in [0.2, 0.25) is 0 Å². The Balaban J connectivity index is 1.77. The van der Waals surface area contributed by atoms with Crippen LogP contribution < -0.4 is 14.2 Å². The molecule has 0 bridgehead atoms. The lowest BCUT2D eigenvalue weighted by Gasteiger charge is -2.16. The van der Waals surface area contributed by atoms with Crippen molar-refractivity contribution in [1.82, 2.24) is 0 Å². The highest BCUT2D eigenvalue weighted by molar-refractivity contribution is 6.08. The number of ketones is 1. The molecule has 2 aromatic rings. The van der Waals surface area contributed by atoms with E-state index >= 15 is 0 Å². The van der Waals surface area contributed by atoms with Crippen LogP contribution in [0.25, 0.3) is 6.08 Å². The number of ether oxygens (including phenoxy) is 3. The van der Waals surface area contributed by atoms with Gasteiger partial charge in [-0.1, -0.05) is 12.1 Å². The van der Waals surface area contributed by atoms with Crippen LogP contribution in [0.3, 0.4) is 0 Å². The molecule has 0 spiro atoms. The highest BCUT2D eigenvalue weighted by Crippen LogP contribution is 2.31. The molecular formula is C20H20O5. The number of fused-ring (bicyclic) bond motifs is 1. The van der Waals surface area contributed by atoms with E-state index in [0.29, 0.717) is 24.7 Å². The number of aromatic hydroxyl groups is 1. The Bertz CT molecular complexity index is 795. The van der Waals surface area contributed by atoms with Crippen LogP contribution in [0.4, 0.5) is 0 Å². The monoisotopic (exact) mass is 340 g/mol. The summed E-state index contributed by atoms with van der Waals surface area (Å²) in [6, 6.07) is 10.1. The summed E-state index contributed by atoms with van der Waals surface area (Å²) < 4.78 is 16.4. The van der Waals surface area contributed by atoms with Crippen molar-refractivity contribution in [3.8, 4) is 23.0 Å². The second kappa shape index (κ2) is 7.75. The summed E-state index contributed by atoms with van der Waals surface area (Å²) in [5.74, 6) is 1.50. The van der Waals surface area contributed by atoms with Gasteiger partial charge >= 0.3 is 0 Å². The SMILES string of the molecule is COc1ccc(C(=O)/C=C/c2ccc3c(c2)OCCCCO3)c(O)c1. The van der Waals surface area contributed by atoms with Gasteiger partial charge in [-0.05, 0) is 48.7 Å². The van der Waals surface area contributed by atoms with E-state index in [1.807, 2.05) is 18.2 Å². The first-order valence-corrected chi connectivity index (χ1v) is 8.16. The van der Waals surface area contributed by atoms with Crippen molar-refractivity contribution in [1.29, 1.82) is 0 Å². The molecule has 0 amide bonds. The van der Waals surface area contributed by atoms with E-state index in [1.165, 1.54) is 25.3 Å². The lowest BCUT2D eigenvalue weighted by Crippen LogP contribution is -2.08. The Kier molecular flexibility index (Phi) is 5.23. The van der Waals surface area contributed by atoms with Crippen LogP contribution >= 0.6 is 0 Å². The van der Waals surface area contributed by atoms with E-state index < -0.39 is 0 Å². The number of allylic oxidation sites excluding steroid dienone is 1. The minimum atomic E-state index is -0.288. The van der Waals surface area contributed by atoms with Crippen molar-refractivity contribution in [2.45, 2.75) is 12.8 Å². The zero-order chi connectivity index (χ0) is 17.6. The Morgan fingerprint density at radius 3 is 2.56 bits per heavy atom. The van der Waals surface area contributed by atoms with Crippen LogP contribution in [0.1, 0.15) is 28.8 Å². The Morgan fingerprint density at radius 1 is 1.08 bits per heavy atom. The molecular weight excluding hydrogens is 320 g/mol. The van der Waals surface area contributed by atoms with Gasteiger partial charge in [-0.3, -0.25) is 4.79 Å². The fourth-order valence-corrected chi connectivity index (χ4v) is 2.54. The highest BCUT2D eigenvalue weighted by Gasteiger charge is 2.11. The zero-order valence-electron chi connectivity index (χ0n) is 14.0. The van der Waals surface area contributed by atoms with Crippen molar-refractivity contribution in [2.75, 3.05) is 20.3 Å². The number of hydrogen-bond donors (Lipinski definition) is 1. The van der Waals surface area contributed by atoms with Gasteiger partial charge in [0.2, 0.25) is 0 Å². The first kappa shape index (κ1) is 16.9. The number of phenols is 1. The first-order chi connectivity index (χ1) is 12.2. The molecule has 0 atom stereocenters. The molecule has 0 radical (unpaired) electrons. The van der Waals surface area contributed by atoms with Crippen LogP contribution in [-0.2, 0) is 0 Å². The molecule has 1 N–H and O–H groups in total. The summed E-state index contributed by atoms with van der Waals surface area (Å²) >= 11 is 0. The lowest BCUT2D eigenvalue weighted by molar-refractivity contribution is 0.104. The van der Waals surface area contributed by atoms with Crippen molar-refractivity contribution < 1.29 is 24.1 Å². The molecule has 2 aromatic carbocycles. The van der Waals surface area contributed by atoms with Gasteiger partial charge in [-0.25, -0.2) is 0 Å². The minimum Gasteiger partial charge on any atom is -0.507 e. The third-order valence-electron chi connectivity index (χ3n) is 3.92. The number of carbonyl (C=O) groups is 1. The zero-order valence-corrected chi connectivity index (χ0v) is 14.0. The van der Waals surface area contributed by atoms with Gasteiger partial charge in [0.15, 0.2) is 17.3 Å². The maximum Gasteiger partial charge on any atom is 0.189 e. The fourth-order valence-electron chi connectivity index (χ4n) is 2.54. The summed E-state index contributed by atoms with van der Waals surface area (Å²) in [5.41, 5.74) is 1.05. The predicted octanol–water partition coefficient (Wildman–Crippen LogP) is 3.85. The van der Waals surface area contributed by atoms with Gasteiger partial charge in [0.25, 0.3) is 0 Å². The molecule has 5 nitrogen and oxygen atoms in total. The van der Waals surface area contributed by atoms with E-state index in [2.05, 4.69) is 0 Å². The number of hydrogen-bond acceptors (Lipinski definition) is 5. The Morgan fingerprint density at radius 2 is 1.84 bits per heavy atom. The van der Waals surface area contributed by atoms with Gasteiger partial charge < -0.3 is 19.3 Å². The van der Waals surface area contributed by atoms with E-state index in [0.717, 1.165) is 24.2 Å². The molecule has 0 fully saturated rings. The Hall–Kier alpha value is -2.95. The highest BCUT2D eigenvalue weighted by atomic mass is 16.5. The van der Waals surface area contributed by atoms with Crippen molar-refractivity contribution in [3.63, 3.8) is 0 Å². The van der Waals surface area contributed by atoms with Crippen LogP contribution in [0.5, 0.6) is 23.0 Å². The number of benzene rings is 2. The second-order valence-corrected chi connectivity index (χ2v) is 5.69. The molecule has 1 aliphatic rings. The summed E-state index contributed by atoms with van der Waals surface area (Å²) in [6.45, 7) is 1.34. The predicted molar refractivity (Wildman–Crippen MR) is 94.7 cm³/mol. The Labute approximate surface area is 146 Å². The van der Waals surface area contributed by atoms with Gasteiger partial charge in [-0.15, -0.1) is 0 Å².